The third kappa shape index (κ3) is 35.5. The number of rotatable bonds is 18. The number of anilines is 2. The monoisotopic (exact) mass is 1220 g/mol. The molecule has 434 valence electrons. The van der Waals surface area contributed by atoms with Gasteiger partial charge in [0.25, 0.3) is 0 Å². The molecule has 0 atom stereocenters. The fourth-order valence-electron chi connectivity index (χ4n) is 7.42. The summed E-state index contributed by atoms with van der Waals surface area (Å²) in [6, 6.07) is 24.1. The molecule has 0 heterocycles. The second-order valence-electron chi connectivity index (χ2n) is 22.8. The quantitative estimate of drug-likeness (QED) is 0.0384. The summed E-state index contributed by atoms with van der Waals surface area (Å²) in [5.41, 5.74) is 6.34. The van der Waals surface area contributed by atoms with Gasteiger partial charge in [0.2, 0.25) is 11.8 Å². The molecular formula is C67H110N2O6Y2-4. The summed E-state index contributed by atoms with van der Waals surface area (Å²) < 4.78 is 5.81. The van der Waals surface area contributed by atoms with Crippen LogP contribution in [0.5, 0.6) is 23.0 Å². The van der Waals surface area contributed by atoms with Gasteiger partial charge in [-0.3, -0.25) is 9.59 Å². The molecule has 0 aliphatic heterocycles. The van der Waals surface area contributed by atoms with E-state index < -0.39 is 0 Å². The third-order valence-corrected chi connectivity index (χ3v) is 11.3. The first kappa shape index (κ1) is 83.1. The van der Waals surface area contributed by atoms with Gasteiger partial charge in [-0.25, -0.2) is 0 Å². The van der Waals surface area contributed by atoms with Crippen molar-refractivity contribution in [3.8, 4) is 23.0 Å². The van der Waals surface area contributed by atoms with Gasteiger partial charge in [0.1, 0.15) is 11.5 Å². The molecule has 8 nitrogen and oxygen atoms in total. The minimum absolute atomic E-state index is 0. The Labute approximate surface area is 524 Å². The van der Waals surface area contributed by atoms with Crippen molar-refractivity contribution in [2.45, 2.75) is 251 Å². The van der Waals surface area contributed by atoms with E-state index in [-0.39, 0.29) is 112 Å². The van der Waals surface area contributed by atoms with Crippen LogP contribution in [0.1, 0.15) is 249 Å². The van der Waals surface area contributed by atoms with Crippen molar-refractivity contribution in [3.63, 3.8) is 0 Å². The molecule has 2 radical (unpaired) electrons. The van der Waals surface area contributed by atoms with Crippen LogP contribution in [0.2, 0.25) is 0 Å². The molecule has 0 aliphatic rings. The maximum absolute atomic E-state index is 12.7. The predicted octanol–water partition coefficient (Wildman–Crippen LogP) is 19.1. The number of amides is 2. The SMILES string of the molecule is C.CC(C)(C)c1cc(CCC(=O)Nc2c[c-]c(O)cc2)cc(C(C)(C)C)c1O.CCC.CCC.CCCCCCCCCCOc1[c-]cc(NC(=O)CCc2cc(C(C)(C)C)c(O)c(C(C)(C)C)c2)cc1.[CH2-]C.[CH2-]C.[Y].[Y]. The van der Waals surface area contributed by atoms with E-state index in [1.807, 2.05) is 36.4 Å². The number of carbonyl (C=O) groups is 2. The van der Waals surface area contributed by atoms with E-state index in [1.165, 1.54) is 63.9 Å². The number of carbonyl (C=O) groups excluding carboxylic acids is 2. The first-order valence-electron chi connectivity index (χ1n) is 27.7. The molecular weight excluding hydrogens is 1110 g/mol. The molecule has 10 heteroatoms. The van der Waals surface area contributed by atoms with Gasteiger partial charge < -0.3 is 44.5 Å². The molecule has 0 saturated carbocycles. The van der Waals surface area contributed by atoms with E-state index in [2.05, 4.69) is 154 Å². The molecule has 77 heavy (non-hydrogen) atoms. The zero-order valence-corrected chi connectivity index (χ0v) is 57.2. The average molecular weight is 1220 g/mol. The summed E-state index contributed by atoms with van der Waals surface area (Å²) >= 11 is 0. The predicted molar refractivity (Wildman–Crippen MR) is 326 cm³/mol. The van der Waals surface area contributed by atoms with Gasteiger partial charge in [0, 0.05) is 89.8 Å². The summed E-state index contributed by atoms with van der Waals surface area (Å²) in [4.78, 5) is 24.9. The molecule has 2 amide bonds. The van der Waals surface area contributed by atoms with Crippen LogP contribution in [-0.4, -0.2) is 33.7 Å². The minimum atomic E-state index is -0.190. The molecule has 0 saturated heterocycles. The molecule has 4 aromatic carbocycles. The van der Waals surface area contributed by atoms with E-state index in [9.17, 15) is 24.9 Å². The number of unbranched alkanes of at least 4 members (excludes halogenated alkanes) is 7. The van der Waals surface area contributed by atoms with Gasteiger partial charge in [0.05, 0.1) is 6.61 Å². The summed E-state index contributed by atoms with van der Waals surface area (Å²) in [6.07, 6.45) is 14.6. The zero-order chi connectivity index (χ0) is 57.3. The third-order valence-electron chi connectivity index (χ3n) is 11.3. The molecule has 0 unspecified atom stereocenters. The van der Waals surface area contributed by atoms with Gasteiger partial charge in [-0.2, -0.15) is 26.0 Å². The number of hydrogen-bond donors (Lipinski definition) is 5. The maximum atomic E-state index is 12.7. The summed E-state index contributed by atoms with van der Waals surface area (Å²) in [6.45, 7) is 46.5. The van der Waals surface area contributed by atoms with Crippen molar-refractivity contribution in [1.29, 1.82) is 0 Å². The van der Waals surface area contributed by atoms with Gasteiger partial charge in [-0.05, 0) is 74.3 Å². The van der Waals surface area contributed by atoms with Crippen molar-refractivity contribution in [3.05, 3.63) is 120 Å². The largest absolute Gasteiger partial charge is 0.534 e. The van der Waals surface area contributed by atoms with Gasteiger partial charge in [0.15, 0.2) is 0 Å². The second-order valence-corrected chi connectivity index (χ2v) is 22.8. The molecule has 0 aromatic heterocycles. The van der Waals surface area contributed by atoms with Crippen LogP contribution in [0.15, 0.2) is 60.7 Å². The molecule has 0 bridgehead atoms. The minimum Gasteiger partial charge on any atom is -0.534 e. The van der Waals surface area contributed by atoms with Crippen molar-refractivity contribution in [2.75, 3.05) is 17.2 Å². The number of aromatic hydroxyl groups is 3. The van der Waals surface area contributed by atoms with Crippen molar-refractivity contribution < 1.29 is 95.1 Å². The molecule has 0 spiro atoms. The fraction of sp³-hybridized carbons (Fsp3) is 0.582. The Morgan fingerprint density at radius 1 is 0.506 bits per heavy atom. The molecule has 4 aromatic rings. The number of aryl methyl sites for hydroxylation is 2. The molecule has 5 N–H and O–H groups in total. The normalized spacial score (nSPS) is 10.6. The average Bonchev–Trinajstić information content (AvgIpc) is 3.32. The van der Waals surface area contributed by atoms with Gasteiger partial charge >= 0.3 is 0 Å². The first-order chi connectivity index (χ1) is 34.6. The maximum Gasteiger partial charge on any atom is 0.213 e. The molecule has 4 rings (SSSR count). The van der Waals surface area contributed by atoms with Crippen LogP contribution in [-0.2, 0) is 110 Å². The Morgan fingerprint density at radius 3 is 1.10 bits per heavy atom. The molecule has 0 aliphatic carbocycles. The van der Waals surface area contributed by atoms with Crippen LogP contribution in [0.25, 0.3) is 0 Å². The van der Waals surface area contributed by atoms with Crippen LogP contribution in [0.4, 0.5) is 11.4 Å². The topological polar surface area (TPSA) is 128 Å². The fourth-order valence-corrected chi connectivity index (χ4v) is 7.42. The number of phenols is 3. The van der Waals surface area contributed by atoms with E-state index >= 15 is 0 Å². The smallest absolute Gasteiger partial charge is 0.213 e. The van der Waals surface area contributed by atoms with Crippen LogP contribution in [0.3, 0.4) is 0 Å². The number of benzene rings is 4. The summed E-state index contributed by atoms with van der Waals surface area (Å²) in [7, 11) is 0. The van der Waals surface area contributed by atoms with Crippen molar-refractivity contribution >= 4 is 23.2 Å². The Balaban J connectivity index is -0.000000382. The number of phenolic OH excluding ortho intramolecular Hbond substituents is 3. The Hall–Kier alpha value is -2.77. The van der Waals surface area contributed by atoms with E-state index in [0.29, 0.717) is 49.5 Å². The van der Waals surface area contributed by atoms with E-state index in [1.54, 1.807) is 32.0 Å². The summed E-state index contributed by atoms with van der Waals surface area (Å²) in [5, 5.41) is 36.7. The number of hydrogen-bond acceptors (Lipinski definition) is 6. The van der Waals surface area contributed by atoms with E-state index in [0.717, 1.165) is 51.2 Å². The van der Waals surface area contributed by atoms with Crippen LogP contribution >= 0.6 is 0 Å². The molecule has 0 fully saturated rings. The first-order valence-corrected chi connectivity index (χ1v) is 27.7. The second kappa shape index (κ2) is 44.0. The van der Waals surface area contributed by atoms with E-state index in [4.69, 9.17) is 4.74 Å². The Morgan fingerprint density at radius 2 is 0.818 bits per heavy atom. The standard InChI is InChI=1S/C33H50NO3.C23H30NO3.2C3H8.2C2H5.CH4.2Y/c1-8-9-10-11-12-13-14-15-22-37-27-19-17-26(18-20-27)34-30(35)21-16-25-23-28(32(2,3)4)31(36)29(24-25)33(5,6)7;1-22(2,3)18-13-15(14-19(21(18)27)23(4,5)6)7-12-20(26)24-16-8-10-17(25)11-9-16;2*1-3-2;2*1-2;;;/h17-19,23-24,36H,8-16,21-22H2,1-7H3,(H,34,35);8-10,13-14,25,27H,7,12H2,1-6H3,(H,24,26);2*3H2,1-2H3;2*1H2,2H3;1H4;;/q2*-1;;;2*-1;;;. The van der Waals surface area contributed by atoms with Crippen LogP contribution < -0.4 is 15.4 Å². The van der Waals surface area contributed by atoms with Crippen molar-refractivity contribution in [2.24, 2.45) is 0 Å². The summed E-state index contributed by atoms with van der Waals surface area (Å²) in [5.74, 6) is 1.34. The van der Waals surface area contributed by atoms with Crippen molar-refractivity contribution in [1.82, 2.24) is 0 Å². The Kier molecular flexibility index (Phi) is 47.4. The number of ether oxygens (including phenoxy) is 1. The Bertz CT molecular complexity index is 2050. The van der Waals surface area contributed by atoms with Gasteiger partial charge in [-0.15, -0.1) is 36.4 Å². The zero-order valence-electron chi connectivity index (χ0n) is 51.5. The van der Waals surface area contributed by atoms with Gasteiger partial charge in [-0.1, -0.05) is 219 Å². The van der Waals surface area contributed by atoms with Crippen LogP contribution in [0, 0.1) is 26.0 Å². The number of nitrogens with one attached hydrogen (secondary N) is 2.